The van der Waals surface area contributed by atoms with Gasteiger partial charge in [0.1, 0.15) is 0 Å². The molecule has 0 unspecified atom stereocenters. The second-order valence-corrected chi connectivity index (χ2v) is 4.52. The van der Waals surface area contributed by atoms with E-state index in [2.05, 4.69) is 4.98 Å². The van der Waals surface area contributed by atoms with Gasteiger partial charge in [-0.15, -0.1) is 0 Å². The molecule has 100 valence electrons. The third kappa shape index (κ3) is 3.42. The van der Waals surface area contributed by atoms with Crippen molar-refractivity contribution in [2.24, 2.45) is 0 Å². The molecule has 0 fully saturated rings. The molecule has 2 aromatic rings. The molecule has 0 bridgehead atoms. The maximum Gasteiger partial charge on any atom is 0.372 e. The largest absolute Gasteiger partial charge is 0.475 e. The van der Waals surface area contributed by atoms with Crippen LogP contribution in [0.4, 0.5) is 0 Å². The summed E-state index contributed by atoms with van der Waals surface area (Å²) in [6.45, 7) is 3.11. The lowest BCUT2D eigenvalue weighted by Gasteiger charge is -2.15. The van der Waals surface area contributed by atoms with E-state index in [-0.39, 0.29) is 5.76 Å². The summed E-state index contributed by atoms with van der Waals surface area (Å²) >= 11 is 0. The monoisotopic (exact) mass is 260 g/mol. The van der Waals surface area contributed by atoms with Gasteiger partial charge < -0.3 is 9.52 Å². The Kier molecular flexibility index (Phi) is 3.97. The number of pyridine rings is 1. The van der Waals surface area contributed by atoms with Crippen LogP contribution in [0.1, 0.15) is 27.5 Å². The minimum absolute atomic E-state index is 0.00375. The Morgan fingerprint density at radius 3 is 2.84 bits per heavy atom. The summed E-state index contributed by atoms with van der Waals surface area (Å²) in [7, 11) is 1.92. The second-order valence-electron chi connectivity index (χ2n) is 4.52. The molecule has 0 saturated heterocycles. The summed E-state index contributed by atoms with van der Waals surface area (Å²) in [5.74, 6) is -1.04. The highest BCUT2D eigenvalue weighted by atomic mass is 16.4. The number of furan rings is 1. The van der Waals surface area contributed by atoms with Crippen LogP contribution in [0, 0.1) is 6.92 Å². The normalized spacial score (nSPS) is 10.9. The number of rotatable bonds is 5. The van der Waals surface area contributed by atoms with Crippen molar-refractivity contribution in [3.8, 4) is 0 Å². The van der Waals surface area contributed by atoms with E-state index in [1.165, 1.54) is 6.26 Å². The molecule has 0 atom stereocenters. The molecule has 0 aliphatic rings. The number of hydrogen-bond acceptors (Lipinski definition) is 4. The number of carboxylic acids is 1. The predicted molar refractivity (Wildman–Crippen MR) is 69.8 cm³/mol. The quantitative estimate of drug-likeness (QED) is 0.893. The molecule has 0 radical (unpaired) electrons. The van der Waals surface area contributed by atoms with Gasteiger partial charge in [0.25, 0.3) is 0 Å². The number of hydrogen-bond donors (Lipinski definition) is 1. The maximum absolute atomic E-state index is 10.9. The Labute approximate surface area is 111 Å². The molecule has 0 aliphatic carbocycles. The molecule has 0 amide bonds. The number of aromatic carboxylic acids is 1. The van der Waals surface area contributed by atoms with Gasteiger partial charge in [0, 0.05) is 24.3 Å². The molecule has 0 saturated carbocycles. The molecule has 2 heterocycles. The summed E-state index contributed by atoms with van der Waals surface area (Å²) in [5, 5.41) is 8.97. The van der Waals surface area contributed by atoms with Crippen LogP contribution in [0.5, 0.6) is 0 Å². The summed E-state index contributed by atoms with van der Waals surface area (Å²) in [6.07, 6.45) is 1.40. The van der Waals surface area contributed by atoms with Crippen LogP contribution < -0.4 is 0 Å². The zero-order valence-corrected chi connectivity index (χ0v) is 11.0. The average molecular weight is 260 g/mol. The standard InChI is InChI=1S/C14H16N2O3/c1-10-4-3-5-12(15-10)9-16(2)8-11-6-7-19-13(11)14(17)18/h3-7H,8-9H2,1-2H3,(H,17,18). The zero-order chi connectivity index (χ0) is 13.8. The predicted octanol–water partition coefficient (Wildman–Crippen LogP) is 2.31. The molecule has 2 rings (SSSR count). The first-order chi connectivity index (χ1) is 9.06. The van der Waals surface area contributed by atoms with E-state index in [4.69, 9.17) is 9.52 Å². The molecule has 5 heteroatoms. The van der Waals surface area contributed by atoms with Gasteiger partial charge in [-0.3, -0.25) is 9.88 Å². The van der Waals surface area contributed by atoms with Gasteiger partial charge in [0.2, 0.25) is 5.76 Å². The van der Waals surface area contributed by atoms with Crippen molar-refractivity contribution in [1.82, 2.24) is 9.88 Å². The Morgan fingerprint density at radius 1 is 1.37 bits per heavy atom. The van der Waals surface area contributed by atoms with E-state index in [1.807, 2.05) is 37.1 Å². The first-order valence-electron chi connectivity index (χ1n) is 5.97. The van der Waals surface area contributed by atoms with Crippen molar-refractivity contribution < 1.29 is 14.3 Å². The van der Waals surface area contributed by atoms with Gasteiger partial charge in [-0.2, -0.15) is 0 Å². The summed E-state index contributed by atoms with van der Waals surface area (Å²) < 4.78 is 4.95. The Bertz CT molecular complexity index is 578. The molecular weight excluding hydrogens is 244 g/mol. The molecule has 1 N–H and O–H groups in total. The lowest BCUT2D eigenvalue weighted by molar-refractivity contribution is 0.0659. The van der Waals surface area contributed by atoms with Gasteiger partial charge in [-0.1, -0.05) is 6.07 Å². The van der Waals surface area contributed by atoms with Crippen LogP contribution in [0.15, 0.2) is 34.9 Å². The molecule has 19 heavy (non-hydrogen) atoms. The van der Waals surface area contributed by atoms with Gasteiger partial charge in [0.15, 0.2) is 0 Å². The van der Waals surface area contributed by atoms with Crippen molar-refractivity contribution in [3.05, 3.63) is 53.2 Å². The lowest BCUT2D eigenvalue weighted by atomic mass is 10.2. The third-order valence-electron chi connectivity index (χ3n) is 2.76. The van der Waals surface area contributed by atoms with E-state index in [0.717, 1.165) is 11.4 Å². The van der Waals surface area contributed by atoms with Crippen LogP contribution in [-0.2, 0) is 13.1 Å². The van der Waals surface area contributed by atoms with Gasteiger partial charge in [0.05, 0.1) is 12.0 Å². The Balaban J connectivity index is 2.03. The molecule has 0 aromatic carbocycles. The fraction of sp³-hybridized carbons (Fsp3) is 0.286. The number of nitrogens with zero attached hydrogens (tertiary/aromatic N) is 2. The number of carboxylic acid groups (broad SMARTS) is 1. The second kappa shape index (κ2) is 5.67. The summed E-state index contributed by atoms with van der Waals surface area (Å²) in [4.78, 5) is 17.4. The number of aryl methyl sites for hydroxylation is 1. The van der Waals surface area contributed by atoms with Gasteiger partial charge in [-0.25, -0.2) is 4.79 Å². The van der Waals surface area contributed by atoms with E-state index in [1.54, 1.807) is 6.07 Å². The van der Waals surface area contributed by atoms with Crippen LogP contribution in [0.3, 0.4) is 0 Å². The first-order valence-corrected chi connectivity index (χ1v) is 5.97. The number of aromatic nitrogens is 1. The summed E-state index contributed by atoms with van der Waals surface area (Å²) in [5.41, 5.74) is 2.60. The molecular formula is C14H16N2O3. The van der Waals surface area contributed by atoms with E-state index in [9.17, 15) is 4.79 Å². The third-order valence-corrected chi connectivity index (χ3v) is 2.76. The van der Waals surface area contributed by atoms with Crippen LogP contribution in [0.25, 0.3) is 0 Å². The highest BCUT2D eigenvalue weighted by Crippen LogP contribution is 2.14. The van der Waals surface area contributed by atoms with Gasteiger partial charge in [-0.05, 0) is 32.2 Å². The van der Waals surface area contributed by atoms with E-state index < -0.39 is 5.97 Å². The highest BCUT2D eigenvalue weighted by molar-refractivity contribution is 5.86. The fourth-order valence-electron chi connectivity index (χ4n) is 1.96. The topological polar surface area (TPSA) is 66.6 Å². The van der Waals surface area contributed by atoms with Crippen molar-refractivity contribution in [1.29, 1.82) is 0 Å². The Morgan fingerprint density at radius 2 is 2.16 bits per heavy atom. The Hall–Kier alpha value is -2.14. The molecule has 0 aliphatic heterocycles. The highest BCUT2D eigenvalue weighted by Gasteiger charge is 2.15. The van der Waals surface area contributed by atoms with E-state index in [0.29, 0.717) is 18.7 Å². The minimum atomic E-state index is -1.04. The fourth-order valence-corrected chi connectivity index (χ4v) is 1.96. The maximum atomic E-state index is 10.9. The smallest absolute Gasteiger partial charge is 0.372 e. The summed E-state index contributed by atoms with van der Waals surface area (Å²) in [6, 6.07) is 7.55. The minimum Gasteiger partial charge on any atom is -0.475 e. The van der Waals surface area contributed by atoms with Crippen LogP contribution >= 0.6 is 0 Å². The van der Waals surface area contributed by atoms with Gasteiger partial charge >= 0.3 is 5.97 Å². The van der Waals surface area contributed by atoms with E-state index >= 15 is 0 Å². The van der Waals surface area contributed by atoms with Crippen molar-refractivity contribution in [3.63, 3.8) is 0 Å². The molecule has 2 aromatic heterocycles. The molecule has 0 spiro atoms. The van der Waals surface area contributed by atoms with Crippen molar-refractivity contribution >= 4 is 5.97 Å². The molecule has 5 nitrogen and oxygen atoms in total. The lowest BCUT2D eigenvalue weighted by Crippen LogP contribution is -2.19. The van der Waals surface area contributed by atoms with Crippen molar-refractivity contribution in [2.75, 3.05) is 7.05 Å². The van der Waals surface area contributed by atoms with Crippen molar-refractivity contribution in [2.45, 2.75) is 20.0 Å². The zero-order valence-electron chi connectivity index (χ0n) is 11.0. The average Bonchev–Trinajstić information content (AvgIpc) is 2.76. The first kappa shape index (κ1) is 13.3. The number of carbonyl (C=O) groups is 1. The SMILES string of the molecule is Cc1cccc(CN(C)Cc2ccoc2C(=O)O)n1. The van der Waals surface area contributed by atoms with Crippen LogP contribution in [-0.4, -0.2) is 28.0 Å². The van der Waals surface area contributed by atoms with Crippen LogP contribution in [0.2, 0.25) is 0 Å².